The van der Waals surface area contributed by atoms with Gasteiger partial charge in [0.15, 0.2) is 61.6 Å². The average Bonchev–Trinajstić information content (AvgIpc) is 3.21. The van der Waals surface area contributed by atoms with Crippen LogP contribution in [0.5, 0.6) is 5.75 Å². The van der Waals surface area contributed by atoms with Crippen molar-refractivity contribution in [1.82, 2.24) is 0 Å². The first-order valence-corrected chi connectivity index (χ1v) is 21.6. The van der Waals surface area contributed by atoms with Crippen LogP contribution in [0.1, 0.15) is 93.6 Å². The fraction of sp³-hybridized carbons (Fsp3) is 0.727. The van der Waals surface area contributed by atoms with Crippen molar-refractivity contribution in [3.8, 4) is 5.75 Å². The number of hydrogen-bond acceptors (Lipinski definition) is 21. The molecular formula is C44H64O21. The first kappa shape index (κ1) is 53.1. The number of ether oxygens (including phenoxy) is 14. The average molecular weight is 929 g/mol. The van der Waals surface area contributed by atoms with Gasteiger partial charge in [0.2, 0.25) is 0 Å². The molecule has 21 nitrogen and oxygen atoms in total. The van der Waals surface area contributed by atoms with Crippen molar-refractivity contribution in [2.75, 3.05) is 20.3 Å². The molecule has 3 heterocycles. The SMILES string of the molecule is COc1ccc(COCCCCCCO[C@@H]2O[C@@H](C)[C@H](OC(C)=O)[C@@H](OC(C)=O)[C@H]2O[C@@H]2O[C@@H](C)[C@H](OC(C)=O)[C@@H](O[C@@H]3O[C@@H](C)[C@H](OC(C)=O)[C@@H](O)[C@H]3OC(C)=O)[C@H]2OC(C)=O)cc1. The van der Waals surface area contributed by atoms with E-state index in [2.05, 4.69) is 0 Å². The molecule has 0 unspecified atom stereocenters. The molecule has 1 aromatic rings. The lowest BCUT2D eigenvalue weighted by Gasteiger charge is -2.49. The number of methoxy groups -OCH3 is 1. The molecule has 0 aliphatic carbocycles. The summed E-state index contributed by atoms with van der Waals surface area (Å²) in [4.78, 5) is 74.6. The van der Waals surface area contributed by atoms with Crippen molar-refractivity contribution in [3.63, 3.8) is 0 Å². The summed E-state index contributed by atoms with van der Waals surface area (Å²) >= 11 is 0. The molecule has 0 saturated carbocycles. The molecule has 366 valence electrons. The van der Waals surface area contributed by atoms with Gasteiger partial charge < -0.3 is 71.4 Å². The van der Waals surface area contributed by atoms with Gasteiger partial charge >= 0.3 is 35.8 Å². The highest BCUT2D eigenvalue weighted by atomic mass is 16.8. The van der Waals surface area contributed by atoms with Gasteiger partial charge in [0.1, 0.15) is 18.0 Å². The molecule has 3 aliphatic heterocycles. The molecule has 0 bridgehead atoms. The van der Waals surface area contributed by atoms with Crippen LogP contribution in [0.25, 0.3) is 0 Å². The third kappa shape index (κ3) is 15.8. The van der Waals surface area contributed by atoms with E-state index in [0.29, 0.717) is 19.6 Å². The molecule has 3 aliphatic rings. The Bertz CT molecular complexity index is 1720. The zero-order valence-electron chi connectivity index (χ0n) is 38.5. The second kappa shape index (κ2) is 25.4. The van der Waals surface area contributed by atoms with Gasteiger partial charge in [0.05, 0.1) is 32.0 Å². The Hall–Kier alpha value is -4.48. The lowest BCUT2D eigenvalue weighted by molar-refractivity contribution is -0.381. The molecule has 0 aromatic heterocycles. The number of aliphatic hydroxyl groups is 1. The van der Waals surface area contributed by atoms with Crippen molar-refractivity contribution in [3.05, 3.63) is 29.8 Å². The van der Waals surface area contributed by atoms with Crippen LogP contribution >= 0.6 is 0 Å². The molecule has 21 heteroatoms. The summed E-state index contributed by atoms with van der Waals surface area (Å²) in [6.07, 6.45) is -17.9. The maximum atomic E-state index is 12.8. The molecule has 65 heavy (non-hydrogen) atoms. The van der Waals surface area contributed by atoms with Crippen molar-refractivity contribution < 1.29 is 100 Å². The smallest absolute Gasteiger partial charge is 0.303 e. The topological polar surface area (TPSA) is 252 Å². The van der Waals surface area contributed by atoms with E-state index in [1.165, 1.54) is 20.8 Å². The second-order valence-corrected chi connectivity index (χ2v) is 16.0. The first-order chi connectivity index (χ1) is 30.8. The summed E-state index contributed by atoms with van der Waals surface area (Å²) in [7, 11) is 1.61. The lowest BCUT2D eigenvalue weighted by Crippen LogP contribution is -2.67. The number of carbonyl (C=O) groups is 6. The van der Waals surface area contributed by atoms with Crippen LogP contribution in [0, 0.1) is 0 Å². The van der Waals surface area contributed by atoms with Gasteiger partial charge in [-0.15, -0.1) is 0 Å². The van der Waals surface area contributed by atoms with Gasteiger partial charge in [-0.25, -0.2) is 0 Å². The van der Waals surface area contributed by atoms with E-state index in [1.54, 1.807) is 14.0 Å². The Morgan fingerprint density at radius 3 is 1.45 bits per heavy atom. The highest BCUT2D eigenvalue weighted by Crippen LogP contribution is 2.37. The van der Waals surface area contributed by atoms with Crippen LogP contribution in [-0.4, -0.2) is 153 Å². The second-order valence-electron chi connectivity index (χ2n) is 16.0. The summed E-state index contributed by atoms with van der Waals surface area (Å²) in [5.41, 5.74) is 1.02. The van der Waals surface area contributed by atoms with E-state index >= 15 is 0 Å². The molecular weight excluding hydrogens is 864 g/mol. The zero-order valence-corrected chi connectivity index (χ0v) is 38.5. The van der Waals surface area contributed by atoms with E-state index in [4.69, 9.17) is 66.3 Å². The van der Waals surface area contributed by atoms with Gasteiger partial charge in [-0.3, -0.25) is 28.8 Å². The molecule has 3 saturated heterocycles. The fourth-order valence-corrected chi connectivity index (χ4v) is 7.70. The Morgan fingerprint density at radius 2 is 0.908 bits per heavy atom. The Morgan fingerprint density at radius 1 is 0.492 bits per heavy atom. The van der Waals surface area contributed by atoms with E-state index < -0.39 is 128 Å². The van der Waals surface area contributed by atoms with E-state index in [9.17, 15) is 33.9 Å². The third-order valence-corrected chi connectivity index (χ3v) is 10.5. The highest BCUT2D eigenvalue weighted by molar-refractivity contribution is 5.68. The summed E-state index contributed by atoms with van der Waals surface area (Å²) < 4.78 is 82.1. The van der Waals surface area contributed by atoms with Gasteiger partial charge in [-0.2, -0.15) is 0 Å². The number of unbranched alkanes of at least 4 members (excludes halogenated alkanes) is 3. The molecule has 0 radical (unpaired) electrons. The van der Waals surface area contributed by atoms with Crippen molar-refractivity contribution in [2.45, 2.75) is 187 Å². The number of aliphatic hydroxyl groups excluding tert-OH is 1. The quantitative estimate of drug-likeness (QED) is 0.106. The van der Waals surface area contributed by atoms with Gasteiger partial charge in [0.25, 0.3) is 0 Å². The third-order valence-electron chi connectivity index (χ3n) is 10.5. The standard InChI is InChI=1S/C44H64O21/c1-22-34(58-25(4)45)33(51)37(61-28(7)48)43(56-22)64-39-36(60-27(6)47)24(3)57-44(41(39)63-30(9)50)65-40-38(62-29(8)49)35(59-26(5)46)23(2)55-42(40)54-20-14-12-11-13-19-53-21-31-15-17-32(52-10)18-16-31/h15-18,22-24,33-44,51H,11-14,19-21H2,1-10H3/t22-,23-,24-,33+,34-,35-,36-,37+,38+,39+,40+,41+,42+,43-,44-/m0/s1. The number of esters is 6. The summed E-state index contributed by atoms with van der Waals surface area (Å²) in [5, 5.41) is 11.3. The lowest BCUT2D eigenvalue weighted by atomic mass is 9.96. The number of rotatable bonds is 21. The first-order valence-electron chi connectivity index (χ1n) is 21.6. The molecule has 1 N–H and O–H groups in total. The van der Waals surface area contributed by atoms with E-state index in [1.807, 2.05) is 24.3 Å². The van der Waals surface area contributed by atoms with Gasteiger partial charge in [-0.05, 0) is 51.3 Å². The van der Waals surface area contributed by atoms with Crippen LogP contribution in [-0.2, 0) is 97.0 Å². The normalized spacial score (nSPS) is 32.3. The maximum Gasteiger partial charge on any atom is 0.303 e. The largest absolute Gasteiger partial charge is 0.497 e. The van der Waals surface area contributed by atoms with Crippen LogP contribution in [0.3, 0.4) is 0 Å². The fourth-order valence-electron chi connectivity index (χ4n) is 7.70. The minimum Gasteiger partial charge on any atom is -0.497 e. The molecule has 1 aromatic carbocycles. The monoisotopic (exact) mass is 928 g/mol. The van der Waals surface area contributed by atoms with Crippen molar-refractivity contribution >= 4 is 35.8 Å². The van der Waals surface area contributed by atoms with Gasteiger partial charge in [-0.1, -0.05) is 25.0 Å². The molecule has 3 fully saturated rings. The number of carbonyl (C=O) groups excluding carboxylic acids is 6. The summed E-state index contributed by atoms with van der Waals surface area (Å²) in [5.74, 6) is -3.98. The number of hydrogen-bond donors (Lipinski definition) is 1. The number of benzene rings is 1. The molecule has 15 atom stereocenters. The van der Waals surface area contributed by atoms with E-state index in [0.717, 1.165) is 65.2 Å². The van der Waals surface area contributed by atoms with Crippen molar-refractivity contribution in [2.24, 2.45) is 0 Å². The predicted octanol–water partition coefficient (Wildman–Crippen LogP) is 2.74. The summed E-state index contributed by atoms with van der Waals surface area (Å²) in [6, 6.07) is 7.63. The molecule has 4 rings (SSSR count). The van der Waals surface area contributed by atoms with Crippen LogP contribution in [0.2, 0.25) is 0 Å². The van der Waals surface area contributed by atoms with E-state index in [-0.39, 0.29) is 6.61 Å². The minimum atomic E-state index is -1.68. The van der Waals surface area contributed by atoms with Crippen LogP contribution in [0.15, 0.2) is 24.3 Å². The summed E-state index contributed by atoms with van der Waals surface area (Å²) in [6.45, 7) is 12.5. The van der Waals surface area contributed by atoms with Crippen LogP contribution < -0.4 is 4.74 Å². The predicted molar refractivity (Wildman–Crippen MR) is 219 cm³/mol. The molecule has 0 spiro atoms. The minimum absolute atomic E-state index is 0.149. The maximum absolute atomic E-state index is 12.8. The molecule has 0 amide bonds. The Kier molecular flexibility index (Phi) is 20.8. The van der Waals surface area contributed by atoms with Crippen molar-refractivity contribution in [1.29, 1.82) is 0 Å². The zero-order chi connectivity index (χ0) is 48.0. The Labute approximate surface area is 378 Å². The highest BCUT2D eigenvalue weighted by Gasteiger charge is 2.58. The van der Waals surface area contributed by atoms with Crippen LogP contribution in [0.4, 0.5) is 0 Å². The van der Waals surface area contributed by atoms with Gasteiger partial charge in [0, 0.05) is 54.8 Å². The Balaban J connectivity index is 1.59.